The third-order valence-corrected chi connectivity index (χ3v) is 2.52. The Balaban J connectivity index is 1.99. The molecule has 0 aromatic heterocycles. The van der Waals surface area contributed by atoms with Crippen molar-refractivity contribution in [1.29, 1.82) is 0 Å². The van der Waals surface area contributed by atoms with Crippen molar-refractivity contribution in [1.82, 2.24) is 0 Å². The highest BCUT2D eigenvalue weighted by Crippen LogP contribution is 2.03. The fourth-order valence-electron chi connectivity index (χ4n) is 1.56. The topological polar surface area (TPSA) is 52.3 Å². The van der Waals surface area contributed by atoms with Gasteiger partial charge in [-0.2, -0.15) is 0 Å². The number of carbonyl (C=O) groups excluding carboxylic acids is 1. The van der Waals surface area contributed by atoms with Crippen LogP contribution in [0.3, 0.4) is 0 Å². The summed E-state index contributed by atoms with van der Waals surface area (Å²) >= 11 is 0. The van der Waals surface area contributed by atoms with Gasteiger partial charge in [0.1, 0.15) is 5.78 Å². The lowest BCUT2D eigenvalue weighted by Gasteiger charge is -2.04. The van der Waals surface area contributed by atoms with Gasteiger partial charge in [0.15, 0.2) is 0 Å². The fraction of sp³-hybridized carbons (Fsp3) is 0.500. The molecular weight excluding hydrogens is 214 g/mol. The minimum Gasteiger partial charge on any atom is -0.377 e. The Labute approximate surface area is 103 Å². The molecule has 0 aliphatic rings. The van der Waals surface area contributed by atoms with Gasteiger partial charge < -0.3 is 10.5 Å². The second-order valence-corrected chi connectivity index (χ2v) is 4.07. The molecule has 0 fully saturated rings. The summed E-state index contributed by atoms with van der Waals surface area (Å²) in [7, 11) is 0. The van der Waals surface area contributed by atoms with E-state index in [-0.39, 0.29) is 0 Å². The van der Waals surface area contributed by atoms with Gasteiger partial charge in [0.25, 0.3) is 0 Å². The van der Waals surface area contributed by atoms with E-state index in [0.717, 1.165) is 12.8 Å². The molecule has 0 saturated heterocycles. The van der Waals surface area contributed by atoms with E-state index in [1.807, 2.05) is 30.3 Å². The Hall–Kier alpha value is -1.19. The zero-order valence-corrected chi connectivity index (χ0v) is 10.2. The Morgan fingerprint density at radius 3 is 2.53 bits per heavy atom. The summed E-state index contributed by atoms with van der Waals surface area (Å²) in [6.07, 6.45) is 2.81. The van der Waals surface area contributed by atoms with Crippen LogP contribution in [0.25, 0.3) is 0 Å². The predicted molar refractivity (Wildman–Crippen MR) is 68.6 cm³/mol. The number of rotatable bonds is 9. The van der Waals surface area contributed by atoms with Crippen LogP contribution in [0.4, 0.5) is 0 Å². The maximum atomic E-state index is 11.3. The molecule has 0 amide bonds. The van der Waals surface area contributed by atoms with Crippen molar-refractivity contribution in [2.75, 3.05) is 13.2 Å². The zero-order valence-electron chi connectivity index (χ0n) is 10.2. The number of ketones is 1. The van der Waals surface area contributed by atoms with Crippen molar-refractivity contribution in [3.63, 3.8) is 0 Å². The lowest BCUT2D eigenvalue weighted by Crippen LogP contribution is -2.05. The minimum absolute atomic E-state index is 0.291. The quantitative estimate of drug-likeness (QED) is 0.668. The van der Waals surface area contributed by atoms with Gasteiger partial charge in [-0.05, 0) is 24.9 Å². The summed E-state index contributed by atoms with van der Waals surface area (Å²) in [4.78, 5) is 11.3. The van der Waals surface area contributed by atoms with Gasteiger partial charge in [-0.15, -0.1) is 0 Å². The summed E-state index contributed by atoms with van der Waals surface area (Å²) in [6, 6.07) is 10.0. The molecule has 0 heterocycles. The smallest absolute Gasteiger partial charge is 0.133 e. The second-order valence-electron chi connectivity index (χ2n) is 4.07. The fourth-order valence-corrected chi connectivity index (χ4v) is 1.56. The number of benzene rings is 1. The monoisotopic (exact) mass is 235 g/mol. The van der Waals surface area contributed by atoms with E-state index in [9.17, 15) is 4.79 Å². The van der Waals surface area contributed by atoms with Gasteiger partial charge in [0, 0.05) is 19.4 Å². The normalized spacial score (nSPS) is 10.4. The molecule has 1 rings (SSSR count). The molecule has 0 unspecified atom stereocenters. The summed E-state index contributed by atoms with van der Waals surface area (Å²) in [5.41, 5.74) is 6.51. The summed E-state index contributed by atoms with van der Waals surface area (Å²) < 4.78 is 5.50. The third-order valence-electron chi connectivity index (χ3n) is 2.52. The minimum atomic E-state index is 0.291. The van der Waals surface area contributed by atoms with E-state index in [4.69, 9.17) is 10.5 Å². The van der Waals surface area contributed by atoms with Crippen molar-refractivity contribution in [2.45, 2.75) is 32.3 Å². The Morgan fingerprint density at radius 1 is 1.12 bits per heavy atom. The van der Waals surface area contributed by atoms with Crippen LogP contribution in [0.5, 0.6) is 0 Å². The number of hydrogen-bond donors (Lipinski definition) is 1. The van der Waals surface area contributed by atoms with Gasteiger partial charge in [-0.1, -0.05) is 30.3 Å². The van der Waals surface area contributed by atoms with Gasteiger partial charge in [-0.25, -0.2) is 0 Å². The van der Waals surface area contributed by atoms with Crippen molar-refractivity contribution in [2.24, 2.45) is 5.73 Å². The van der Waals surface area contributed by atoms with E-state index >= 15 is 0 Å². The SMILES string of the molecule is NCCCC(=O)CCCOCc1ccccc1. The summed E-state index contributed by atoms with van der Waals surface area (Å²) in [5, 5.41) is 0. The van der Waals surface area contributed by atoms with Gasteiger partial charge in [0.05, 0.1) is 6.61 Å². The highest BCUT2D eigenvalue weighted by Gasteiger charge is 2.00. The molecule has 3 heteroatoms. The number of carbonyl (C=O) groups is 1. The Morgan fingerprint density at radius 2 is 1.82 bits per heavy atom. The van der Waals surface area contributed by atoms with E-state index in [1.165, 1.54) is 5.56 Å². The van der Waals surface area contributed by atoms with Crippen LogP contribution in [0.2, 0.25) is 0 Å². The standard InChI is InChI=1S/C14H21NO2/c15-10-4-8-14(16)9-5-11-17-12-13-6-2-1-3-7-13/h1-3,6-7H,4-5,8-12,15H2. The number of hydrogen-bond acceptors (Lipinski definition) is 3. The molecule has 1 aromatic rings. The highest BCUT2D eigenvalue weighted by molar-refractivity contribution is 5.78. The van der Waals surface area contributed by atoms with E-state index in [0.29, 0.717) is 38.4 Å². The van der Waals surface area contributed by atoms with Crippen LogP contribution in [-0.2, 0) is 16.1 Å². The van der Waals surface area contributed by atoms with Gasteiger partial charge in [0.2, 0.25) is 0 Å². The van der Waals surface area contributed by atoms with Crippen LogP contribution in [-0.4, -0.2) is 18.9 Å². The molecule has 3 nitrogen and oxygen atoms in total. The molecule has 2 N–H and O–H groups in total. The predicted octanol–water partition coefficient (Wildman–Crippen LogP) is 2.29. The van der Waals surface area contributed by atoms with E-state index in [2.05, 4.69) is 0 Å². The molecule has 1 aromatic carbocycles. The molecular formula is C14H21NO2. The summed E-state index contributed by atoms with van der Waals surface area (Å²) in [5.74, 6) is 0.291. The molecule has 0 saturated carbocycles. The lowest BCUT2D eigenvalue weighted by atomic mass is 10.1. The number of Topliss-reactive ketones (excluding diaryl/α,β-unsaturated/α-hetero) is 1. The Kier molecular flexibility index (Phi) is 7.27. The number of ether oxygens (including phenoxy) is 1. The average Bonchev–Trinajstić information content (AvgIpc) is 2.37. The molecule has 0 radical (unpaired) electrons. The molecule has 0 bridgehead atoms. The first-order valence-corrected chi connectivity index (χ1v) is 6.16. The molecule has 0 aliphatic carbocycles. The van der Waals surface area contributed by atoms with Gasteiger partial charge >= 0.3 is 0 Å². The first kappa shape index (κ1) is 13.9. The molecule has 0 aliphatic heterocycles. The van der Waals surface area contributed by atoms with E-state index in [1.54, 1.807) is 0 Å². The van der Waals surface area contributed by atoms with Crippen molar-refractivity contribution in [3.05, 3.63) is 35.9 Å². The van der Waals surface area contributed by atoms with Crippen LogP contribution in [0.1, 0.15) is 31.2 Å². The second kappa shape index (κ2) is 8.90. The lowest BCUT2D eigenvalue weighted by molar-refractivity contribution is -0.119. The average molecular weight is 235 g/mol. The van der Waals surface area contributed by atoms with Crippen LogP contribution in [0, 0.1) is 0 Å². The molecule has 0 spiro atoms. The molecule has 0 atom stereocenters. The molecule has 17 heavy (non-hydrogen) atoms. The van der Waals surface area contributed by atoms with Crippen LogP contribution < -0.4 is 5.73 Å². The maximum absolute atomic E-state index is 11.3. The zero-order chi connectivity index (χ0) is 12.3. The highest BCUT2D eigenvalue weighted by atomic mass is 16.5. The largest absolute Gasteiger partial charge is 0.377 e. The Bertz CT molecular complexity index is 311. The van der Waals surface area contributed by atoms with Crippen molar-refractivity contribution < 1.29 is 9.53 Å². The van der Waals surface area contributed by atoms with Crippen LogP contribution >= 0.6 is 0 Å². The number of nitrogens with two attached hydrogens (primary N) is 1. The maximum Gasteiger partial charge on any atom is 0.133 e. The van der Waals surface area contributed by atoms with Crippen molar-refractivity contribution >= 4 is 5.78 Å². The van der Waals surface area contributed by atoms with Crippen LogP contribution in [0.15, 0.2) is 30.3 Å². The van der Waals surface area contributed by atoms with Gasteiger partial charge in [-0.3, -0.25) is 4.79 Å². The summed E-state index contributed by atoms with van der Waals surface area (Å²) in [6.45, 7) is 1.86. The first-order chi connectivity index (χ1) is 8.33. The van der Waals surface area contributed by atoms with E-state index < -0.39 is 0 Å². The molecule has 94 valence electrons. The first-order valence-electron chi connectivity index (χ1n) is 6.16. The third kappa shape index (κ3) is 6.87. The van der Waals surface area contributed by atoms with Crippen molar-refractivity contribution in [3.8, 4) is 0 Å².